The number of piperidine rings is 1. The van der Waals surface area contributed by atoms with Crippen LogP contribution in [0.3, 0.4) is 0 Å². The Bertz CT molecular complexity index is 1690. The standard InChI is InChI=1S/C31H32N5O5/c1-41-23-6-7-26-24(14-23)18(15-33-26)9-10-32-31(38)25-13-19-12-22(36(39)40)5-8-28(19)35-16-20-11-21(30(25)35)17-34-27(20)3-2-4-29(34)37/h2-8,12,14-15,20-21,25,30,33,39H,9-11,13,16-17H2,1H3,(H,32,38)/q-1. The summed E-state index contributed by atoms with van der Waals surface area (Å²) in [6.45, 7) is 1.73. The summed E-state index contributed by atoms with van der Waals surface area (Å²) >= 11 is 0. The number of anilines is 2. The molecule has 0 radical (unpaired) electrons. The van der Waals surface area contributed by atoms with Crippen LogP contribution >= 0.6 is 0 Å². The monoisotopic (exact) mass is 554 g/mol. The molecule has 4 unspecified atom stereocenters. The third-order valence-corrected chi connectivity index (χ3v) is 9.22. The first-order chi connectivity index (χ1) is 19.9. The van der Waals surface area contributed by atoms with Gasteiger partial charge in [-0.3, -0.25) is 14.8 Å². The molecule has 1 fully saturated rings. The summed E-state index contributed by atoms with van der Waals surface area (Å²) in [6.07, 6.45) is 4.00. The molecule has 2 aromatic heterocycles. The lowest BCUT2D eigenvalue weighted by molar-refractivity contribution is -0.126. The lowest BCUT2D eigenvalue weighted by Crippen LogP contribution is -2.61. The molecule has 212 valence electrons. The smallest absolute Gasteiger partial charge is 0.250 e. The van der Waals surface area contributed by atoms with Crippen molar-refractivity contribution in [1.82, 2.24) is 14.9 Å². The fourth-order valence-electron chi connectivity index (χ4n) is 7.40. The third-order valence-electron chi connectivity index (χ3n) is 9.22. The number of aromatic amines is 1. The van der Waals surface area contributed by atoms with Gasteiger partial charge in [0.05, 0.1) is 18.7 Å². The number of carbonyl (C=O) groups excluding carboxylic acids is 1. The van der Waals surface area contributed by atoms with Crippen molar-refractivity contribution in [2.24, 2.45) is 11.8 Å². The fourth-order valence-corrected chi connectivity index (χ4v) is 7.40. The zero-order valence-electron chi connectivity index (χ0n) is 22.7. The molecule has 4 atom stereocenters. The molecule has 10 nitrogen and oxygen atoms in total. The van der Waals surface area contributed by atoms with Crippen molar-refractivity contribution in [3.05, 3.63) is 93.2 Å². The van der Waals surface area contributed by atoms with Gasteiger partial charge in [-0.15, -0.1) is 0 Å². The number of pyridine rings is 1. The van der Waals surface area contributed by atoms with Crippen LogP contribution in [0.4, 0.5) is 11.4 Å². The van der Waals surface area contributed by atoms with Crippen LogP contribution in [0.1, 0.15) is 29.2 Å². The maximum atomic E-state index is 13.9. The largest absolute Gasteiger partial charge is 0.733 e. The van der Waals surface area contributed by atoms with Gasteiger partial charge in [0, 0.05) is 66.1 Å². The number of rotatable bonds is 6. The molecule has 7 rings (SSSR count). The van der Waals surface area contributed by atoms with Crippen LogP contribution in [0.2, 0.25) is 0 Å². The second kappa shape index (κ2) is 9.97. The van der Waals surface area contributed by atoms with E-state index in [-0.39, 0.29) is 46.2 Å². The summed E-state index contributed by atoms with van der Waals surface area (Å²) in [5, 5.41) is 25.4. The zero-order valence-corrected chi connectivity index (χ0v) is 22.7. The molecule has 4 aromatic rings. The topological polar surface area (TPSA) is 126 Å². The highest BCUT2D eigenvalue weighted by Gasteiger charge is 2.49. The number of hydrogen-bond donors (Lipinski definition) is 3. The fraction of sp³-hybridized carbons (Fsp3) is 0.355. The molecule has 5 heterocycles. The maximum Gasteiger partial charge on any atom is 0.250 e. The number of amides is 1. The van der Waals surface area contributed by atoms with Crippen molar-refractivity contribution in [2.75, 3.05) is 30.3 Å². The molecule has 1 saturated heterocycles. The Labute approximate surface area is 236 Å². The van der Waals surface area contributed by atoms with Crippen LogP contribution in [0, 0.1) is 17.0 Å². The van der Waals surface area contributed by atoms with Gasteiger partial charge in [-0.1, -0.05) is 6.07 Å². The molecule has 0 aliphatic carbocycles. The van der Waals surface area contributed by atoms with Gasteiger partial charge in [-0.2, -0.15) is 0 Å². The van der Waals surface area contributed by atoms with Crippen LogP contribution in [-0.2, 0) is 24.2 Å². The molecule has 1 amide bonds. The minimum absolute atomic E-state index is 0.00125. The Morgan fingerprint density at radius 2 is 2.07 bits per heavy atom. The number of benzene rings is 2. The van der Waals surface area contributed by atoms with Crippen molar-refractivity contribution in [1.29, 1.82) is 0 Å². The molecule has 3 aliphatic heterocycles. The highest BCUT2D eigenvalue weighted by molar-refractivity contribution is 5.85. The van der Waals surface area contributed by atoms with E-state index in [1.807, 2.05) is 47.2 Å². The molecule has 2 bridgehead atoms. The summed E-state index contributed by atoms with van der Waals surface area (Å²) in [6, 6.07) is 16.4. The summed E-state index contributed by atoms with van der Waals surface area (Å²) in [5.41, 5.74) is 5.15. The average Bonchev–Trinajstić information content (AvgIpc) is 3.38. The van der Waals surface area contributed by atoms with Crippen molar-refractivity contribution in [2.45, 2.75) is 37.8 Å². The van der Waals surface area contributed by atoms with Gasteiger partial charge in [0.25, 0.3) is 5.56 Å². The van der Waals surface area contributed by atoms with Crippen LogP contribution in [0.25, 0.3) is 10.9 Å². The van der Waals surface area contributed by atoms with Crippen LogP contribution < -0.4 is 25.7 Å². The van der Waals surface area contributed by atoms with Crippen molar-refractivity contribution >= 4 is 28.2 Å². The predicted octanol–water partition coefficient (Wildman–Crippen LogP) is 3.56. The Kier molecular flexibility index (Phi) is 6.24. The number of ether oxygens (including phenoxy) is 1. The SMILES string of the molecule is COc1ccc2[nH]cc(CCNC(=O)C3Cc4cc(N([O-])O)ccc4N4CC5CC(Cn6c5cccc6=O)C34)c2c1. The molecule has 0 saturated carbocycles. The second-order valence-electron chi connectivity index (χ2n) is 11.4. The molecular weight excluding hydrogens is 522 g/mol. The number of H-pyrrole nitrogens is 1. The van der Waals surface area contributed by atoms with Gasteiger partial charge in [-0.05, 0) is 78.8 Å². The van der Waals surface area contributed by atoms with Gasteiger partial charge in [0.15, 0.2) is 0 Å². The van der Waals surface area contributed by atoms with Gasteiger partial charge in [-0.25, -0.2) is 0 Å². The van der Waals surface area contributed by atoms with E-state index in [0.717, 1.165) is 45.6 Å². The van der Waals surface area contributed by atoms with E-state index in [1.165, 1.54) is 0 Å². The number of nitrogens with one attached hydrogen (secondary N) is 2. The summed E-state index contributed by atoms with van der Waals surface area (Å²) in [4.78, 5) is 32.2. The first-order valence-corrected chi connectivity index (χ1v) is 14.1. The van der Waals surface area contributed by atoms with Crippen molar-refractivity contribution in [3.8, 4) is 5.75 Å². The van der Waals surface area contributed by atoms with Gasteiger partial charge in [0.2, 0.25) is 5.91 Å². The van der Waals surface area contributed by atoms with E-state index in [2.05, 4.69) is 15.2 Å². The van der Waals surface area contributed by atoms with Gasteiger partial charge >= 0.3 is 0 Å². The van der Waals surface area contributed by atoms with Crippen LogP contribution in [0.5, 0.6) is 5.75 Å². The first kappa shape index (κ1) is 25.7. The van der Waals surface area contributed by atoms with Crippen molar-refractivity contribution < 1.29 is 14.7 Å². The first-order valence-electron chi connectivity index (χ1n) is 14.1. The molecule has 3 N–H and O–H groups in total. The van der Waals surface area contributed by atoms with Crippen LogP contribution in [-0.4, -0.2) is 46.9 Å². The Morgan fingerprint density at radius 3 is 2.90 bits per heavy atom. The Hall–Kier alpha value is -4.28. The van der Waals surface area contributed by atoms with E-state index in [1.54, 1.807) is 25.3 Å². The molecule has 3 aliphatic rings. The third kappa shape index (κ3) is 4.34. The molecule has 2 aromatic carbocycles. The second-order valence-corrected chi connectivity index (χ2v) is 11.4. The van der Waals surface area contributed by atoms with E-state index in [9.17, 15) is 20.0 Å². The number of hydrogen-bond acceptors (Lipinski definition) is 7. The number of nitrogens with zero attached hydrogens (tertiary/aromatic N) is 3. The predicted molar refractivity (Wildman–Crippen MR) is 156 cm³/mol. The molecule has 10 heteroatoms. The van der Waals surface area contributed by atoms with E-state index in [4.69, 9.17) is 4.74 Å². The minimum Gasteiger partial charge on any atom is -0.733 e. The lowest BCUT2D eigenvalue weighted by atomic mass is 9.70. The summed E-state index contributed by atoms with van der Waals surface area (Å²) in [5.74, 6) is 0.666. The number of carbonyl (C=O) groups is 1. The average molecular weight is 555 g/mol. The number of aromatic nitrogens is 2. The highest BCUT2D eigenvalue weighted by Crippen LogP contribution is 2.47. The van der Waals surface area contributed by atoms with Gasteiger partial charge < -0.3 is 34.9 Å². The van der Waals surface area contributed by atoms with Crippen LogP contribution in [0.15, 0.2) is 65.6 Å². The van der Waals surface area contributed by atoms with E-state index < -0.39 is 0 Å². The molecular formula is C31H32N5O5-. The molecule has 0 spiro atoms. The Balaban J connectivity index is 1.17. The minimum atomic E-state index is -0.369. The summed E-state index contributed by atoms with van der Waals surface area (Å²) in [7, 11) is 1.65. The maximum absolute atomic E-state index is 13.9. The molecule has 41 heavy (non-hydrogen) atoms. The van der Waals surface area contributed by atoms with Gasteiger partial charge in [0.1, 0.15) is 5.75 Å². The zero-order chi connectivity index (χ0) is 28.2. The highest BCUT2D eigenvalue weighted by atomic mass is 16.8. The van der Waals surface area contributed by atoms with E-state index in [0.29, 0.717) is 32.5 Å². The normalized spacial score (nSPS) is 22.5. The lowest BCUT2D eigenvalue weighted by Gasteiger charge is -2.54. The number of fused-ring (bicyclic) bond motifs is 9. The van der Waals surface area contributed by atoms with E-state index >= 15 is 0 Å². The van der Waals surface area contributed by atoms with Crippen molar-refractivity contribution in [3.63, 3.8) is 0 Å². The summed E-state index contributed by atoms with van der Waals surface area (Å²) < 4.78 is 7.27. The number of methoxy groups -OCH3 is 1. The Morgan fingerprint density at radius 1 is 1.20 bits per heavy atom. The quantitative estimate of drug-likeness (QED) is 0.311.